The topological polar surface area (TPSA) is 0 Å². The van der Waals surface area contributed by atoms with Gasteiger partial charge >= 0.3 is 332 Å². The number of aryl methyl sites for hydroxylation is 4. The van der Waals surface area contributed by atoms with E-state index in [1.54, 1.807) is 67.7 Å². The zero-order valence-electron chi connectivity index (χ0n) is 53.1. The molecule has 0 aliphatic carbocycles. The number of thiophene rings is 4. The van der Waals surface area contributed by atoms with Gasteiger partial charge in [0.15, 0.2) is 0 Å². The first-order chi connectivity index (χ1) is 37.9. The van der Waals surface area contributed by atoms with Crippen LogP contribution in [0, 0.1) is 0 Å². The van der Waals surface area contributed by atoms with Crippen LogP contribution in [0.15, 0.2) is 24.3 Å². The summed E-state index contributed by atoms with van der Waals surface area (Å²) in [6.07, 6.45) is 61.6. The molecule has 0 aliphatic heterocycles. The first-order valence-corrected chi connectivity index (χ1v) is 57.4. The van der Waals surface area contributed by atoms with Gasteiger partial charge in [0.25, 0.3) is 0 Å². The van der Waals surface area contributed by atoms with Crippen molar-refractivity contribution in [2.45, 2.75) is 340 Å². The van der Waals surface area contributed by atoms with Crippen molar-refractivity contribution in [2.75, 3.05) is 0 Å². The molecule has 78 heavy (non-hydrogen) atoms. The molecule has 442 valence electrons. The molecule has 6 heteroatoms. The molecule has 4 aromatic heterocycles. The monoisotopic (exact) mass is 1350 g/mol. The summed E-state index contributed by atoms with van der Waals surface area (Å²) in [6.45, 7) is 9.35. The van der Waals surface area contributed by atoms with Crippen LogP contribution in [0.2, 0.25) is 29.6 Å². The molecule has 4 heterocycles. The van der Waals surface area contributed by atoms with Gasteiger partial charge in [-0.3, -0.25) is 0 Å². The standard InChI is InChI=1S/C66H104S4.6CH3.2Sn/c1-5-9-13-17-21-25-29-33-37-41-45-55-53-61(69-59(55)47-43-39-35-31-27-23-19-15-11-7-3)63-57-49-51-68-66(57)64(58-50-52-67-65(58)63)62-54-56(46-42-38-34-30-26-22-18-14-10-6-2)60(70-62)48-44-40-36-32-28-24-20-16-12-8-4;;;;;;;;/h49-50,53-54H,5-48H2,1-4H3;6*1H3;;. The Hall–Kier alpha value is 0.137. The molecule has 0 N–H and O–H groups in total. The quantitative estimate of drug-likeness (QED) is 0.0269. The fourth-order valence-corrected chi connectivity index (χ4v) is 27.8. The Morgan fingerprint density at radius 3 is 0.744 bits per heavy atom. The van der Waals surface area contributed by atoms with E-state index in [9.17, 15) is 0 Å². The Balaban J connectivity index is 1.49. The molecule has 0 aliphatic rings. The summed E-state index contributed by atoms with van der Waals surface area (Å²) in [4.78, 5) is 22.7. The third-order valence-corrected chi connectivity index (χ3v) is 41.0. The molecule has 0 unspecified atom stereocenters. The average molecular weight is 1350 g/mol. The minimum absolute atomic E-state index is 1.27. The molecule has 1 aromatic carbocycles. The first kappa shape index (κ1) is 68.9. The zero-order valence-corrected chi connectivity index (χ0v) is 62.0. The smallest absolute Gasteiger partial charge is 0.0654 e. The molecule has 0 radical (unpaired) electrons. The summed E-state index contributed by atoms with van der Waals surface area (Å²) >= 11 is 4.03. The van der Waals surface area contributed by atoms with E-state index >= 15 is 0 Å². The van der Waals surface area contributed by atoms with Crippen molar-refractivity contribution in [3.05, 3.63) is 45.1 Å². The molecule has 5 rings (SSSR count). The van der Waals surface area contributed by atoms with Crippen molar-refractivity contribution in [1.29, 1.82) is 0 Å². The second-order valence-electron chi connectivity index (χ2n) is 26.8. The summed E-state index contributed by atoms with van der Waals surface area (Å²) in [5.41, 5.74) is 6.68. The van der Waals surface area contributed by atoms with Crippen molar-refractivity contribution >= 4 is 108 Å². The number of benzene rings is 1. The fourth-order valence-electron chi connectivity index (χ4n) is 12.2. The Morgan fingerprint density at radius 2 is 0.500 bits per heavy atom. The van der Waals surface area contributed by atoms with E-state index in [1.165, 1.54) is 283 Å². The fraction of sp³-hybridized carbons (Fsp3) is 0.750. The Bertz CT molecular complexity index is 2020. The Morgan fingerprint density at radius 1 is 0.269 bits per heavy atom. The van der Waals surface area contributed by atoms with Gasteiger partial charge in [0.1, 0.15) is 0 Å². The number of unbranched alkanes of at least 4 members (excludes halogenated alkanes) is 36. The molecule has 0 amide bonds. The van der Waals surface area contributed by atoms with Gasteiger partial charge in [-0.05, 0) is 0 Å². The van der Waals surface area contributed by atoms with E-state index in [1.807, 2.05) is 0 Å². The number of rotatable bonds is 48. The maximum absolute atomic E-state index is 2.79. The Kier molecular flexibility index (Phi) is 35.1. The number of fused-ring (bicyclic) bond motifs is 2. The van der Waals surface area contributed by atoms with E-state index in [4.69, 9.17) is 0 Å². The van der Waals surface area contributed by atoms with Crippen LogP contribution < -0.4 is 5.79 Å². The zero-order chi connectivity index (χ0) is 55.9. The third-order valence-electron chi connectivity index (χ3n) is 17.3. The normalized spacial score (nSPS) is 12.4. The maximum atomic E-state index is 2.79. The van der Waals surface area contributed by atoms with Gasteiger partial charge in [0, 0.05) is 0 Å². The summed E-state index contributed by atoms with van der Waals surface area (Å²) < 4.78 is 6.78. The Labute approximate surface area is 508 Å². The van der Waals surface area contributed by atoms with E-state index < -0.39 is 36.8 Å². The van der Waals surface area contributed by atoms with Crippen LogP contribution in [0.25, 0.3) is 41.1 Å². The van der Waals surface area contributed by atoms with E-state index in [0.29, 0.717) is 0 Å². The molecular weight excluding hydrogens is 1230 g/mol. The second-order valence-corrected chi connectivity index (χ2v) is 62.0. The molecule has 0 nitrogen and oxygen atoms in total. The molecule has 0 spiro atoms. The van der Waals surface area contributed by atoms with Gasteiger partial charge in [0.2, 0.25) is 0 Å². The second kappa shape index (κ2) is 39.7. The average Bonchev–Trinajstić information content (AvgIpc) is 4.30. The van der Waals surface area contributed by atoms with Crippen LogP contribution in [-0.4, -0.2) is 36.8 Å². The van der Waals surface area contributed by atoms with Gasteiger partial charge < -0.3 is 0 Å². The molecular formula is C72H122S4Sn2. The SMILES string of the molecule is CCCCCCCCCCCCc1cc(-c2c3c[c]([Sn]([CH3])([CH3])[CH3])sc3c(-c3cc(CCCCCCCCCCCC)c(CCCCCCCCCCCC)s3)c3c[c]([Sn]([CH3])([CH3])[CH3])sc23)sc1CCCCCCCCCCCC. The van der Waals surface area contributed by atoms with Gasteiger partial charge in [0.05, 0.1) is 0 Å². The summed E-state index contributed by atoms with van der Waals surface area (Å²) in [5, 5.41) is 3.22. The van der Waals surface area contributed by atoms with E-state index in [-0.39, 0.29) is 0 Å². The van der Waals surface area contributed by atoms with Gasteiger partial charge in [-0.25, -0.2) is 0 Å². The molecule has 0 fully saturated rings. The summed E-state index contributed by atoms with van der Waals surface area (Å²) in [7, 11) is 0. The first-order valence-electron chi connectivity index (χ1n) is 34.2. The van der Waals surface area contributed by atoms with Gasteiger partial charge in [-0.15, -0.1) is 0 Å². The van der Waals surface area contributed by atoms with Crippen molar-refractivity contribution in [2.24, 2.45) is 0 Å². The minimum Gasteiger partial charge on any atom is -0.0654 e. The molecule has 0 saturated heterocycles. The van der Waals surface area contributed by atoms with Gasteiger partial charge in [-0.2, -0.15) is 0 Å². The van der Waals surface area contributed by atoms with Crippen molar-refractivity contribution in [3.8, 4) is 20.9 Å². The minimum atomic E-state index is -2.46. The van der Waals surface area contributed by atoms with Crippen LogP contribution in [0.1, 0.15) is 305 Å². The third kappa shape index (κ3) is 24.6. The summed E-state index contributed by atoms with van der Waals surface area (Å²) in [6, 6.07) is 11.1. The van der Waals surface area contributed by atoms with E-state index in [0.717, 1.165) is 0 Å². The van der Waals surface area contributed by atoms with Crippen LogP contribution in [0.5, 0.6) is 0 Å². The molecule has 0 bridgehead atoms. The van der Waals surface area contributed by atoms with Crippen LogP contribution >= 0.6 is 45.3 Å². The molecule has 5 aromatic rings. The number of hydrogen-bond donors (Lipinski definition) is 0. The summed E-state index contributed by atoms with van der Waals surface area (Å²) in [5.74, 6) is 0. The van der Waals surface area contributed by atoms with Gasteiger partial charge in [-0.1, -0.05) is 182 Å². The van der Waals surface area contributed by atoms with Crippen LogP contribution in [0.4, 0.5) is 0 Å². The molecule has 0 saturated carbocycles. The number of hydrogen-bond acceptors (Lipinski definition) is 4. The molecule has 0 atom stereocenters. The van der Waals surface area contributed by atoms with Crippen LogP contribution in [-0.2, 0) is 25.7 Å². The van der Waals surface area contributed by atoms with Crippen molar-refractivity contribution in [3.63, 3.8) is 0 Å². The van der Waals surface area contributed by atoms with Crippen molar-refractivity contribution in [1.82, 2.24) is 0 Å². The van der Waals surface area contributed by atoms with Crippen LogP contribution in [0.3, 0.4) is 0 Å². The predicted molar refractivity (Wildman–Crippen MR) is 372 cm³/mol. The predicted octanol–water partition coefficient (Wildman–Crippen LogP) is 26.5. The van der Waals surface area contributed by atoms with Crippen molar-refractivity contribution < 1.29 is 0 Å². The van der Waals surface area contributed by atoms with E-state index in [2.05, 4.69) is 127 Å².